The van der Waals surface area contributed by atoms with Gasteiger partial charge in [0.25, 0.3) is 0 Å². The highest BCUT2D eigenvalue weighted by molar-refractivity contribution is 6.06. The molecule has 1 atom stereocenters. The van der Waals surface area contributed by atoms with Crippen molar-refractivity contribution >= 4 is 23.9 Å². The highest BCUT2D eigenvalue weighted by atomic mass is 35.5. The van der Waals surface area contributed by atoms with Crippen molar-refractivity contribution in [2.45, 2.75) is 26.3 Å². The summed E-state index contributed by atoms with van der Waals surface area (Å²) in [5.74, 6) is 0.133. The molecule has 0 aromatic carbocycles. The molecule has 1 heterocycles. The Morgan fingerprint density at radius 3 is 2.64 bits per heavy atom. The molecule has 0 radical (unpaired) electrons. The van der Waals surface area contributed by atoms with Gasteiger partial charge in [0, 0.05) is 5.71 Å². The minimum Gasteiger partial charge on any atom is -0.292 e. The molecule has 1 aliphatic rings. The van der Waals surface area contributed by atoms with E-state index in [9.17, 15) is 4.79 Å². The Morgan fingerprint density at radius 1 is 1.55 bits per heavy atom. The molecule has 0 amide bonds. The van der Waals surface area contributed by atoms with Gasteiger partial charge in [-0.1, -0.05) is 6.92 Å². The van der Waals surface area contributed by atoms with Crippen LogP contribution >= 0.6 is 12.4 Å². The molecule has 0 aliphatic carbocycles. The van der Waals surface area contributed by atoms with Crippen LogP contribution in [-0.2, 0) is 4.79 Å². The third-order valence-corrected chi connectivity index (χ3v) is 1.56. The standard InChI is InChI=1S/C8H11NO.ClH/c1-3-7-8(10)5-4-6(2)9-7;/h4-5,7H,3H2,1-2H3;1H. The third-order valence-electron chi connectivity index (χ3n) is 1.56. The Morgan fingerprint density at radius 2 is 2.18 bits per heavy atom. The molecule has 0 aromatic rings. The fourth-order valence-corrected chi connectivity index (χ4v) is 0.959. The summed E-state index contributed by atoms with van der Waals surface area (Å²) in [6, 6.07) is -0.106. The number of hydrogen-bond acceptors (Lipinski definition) is 2. The molecular weight excluding hydrogens is 162 g/mol. The fraction of sp³-hybridized carbons (Fsp3) is 0.500. The lowest BCUT2D eigenvalue weighted by Gasteiger charge is -2.09. The lowest BCUT2D eigenvalue weighted by atomic mass is 10.1. The molecule has 0 fully saturated rings. The lowest BCUT2D eigenvalue weighted by molar-refractivity contribution is -0.115. The van der Waals surface area contributed by atoms with Gasteiger partial charge in [-0.15, -0.1) is 12.4 Å². The molecule has 0 aromatic heterocycles. The second-order valence-electron chi connectivity index (χ2n) is 2.43. The fourth-order valence-electron chi connectivity index (χ4n) is 0.959. The summed E-state index contributed by atoms with van der Waals surface area (Å²) in [5.41, 5.74) is 0.950. The Bertz CT molecular complexity index is 208. The van der Waals surface area contributed by atoms with Crippen molar-refractivity contribution < 1.29 is 4.79 Å². The number of allylic oxidation sites excluding steroid dienone is 1. The normalized spacial score (nSPS) is 22.5. The number of halogens is 1. The minimum absolute atomic E-state index is 0. The van der Waals surface area contributed by atoms with Crippen LogP contribution < -0.4 is 0 Å². The van der Waals surface area contributed by atoms with Crippen molar-refractivity contribution in [1.29, 1.82) is 0 Å². The number of hydrogen-bond donors (Lipinski definition) is 0. The summed E-state index contributed by atoms with van der Waals surface area (Å²) in [4.78, 5) is 15.1. The van der Waals surface area contributed by atoms with E-state index in [4.69, 9.17) is 0 Å². The monoisotopic (exact) mass is 173 g/mol. The van der Waals surface area contributed by atoms with E-state index in [1.165, 1.54) is 0 Å². The van der Waals surface area contributed by atoms with E-state index in [1.807, 2.05) is 13.8 Å². The highest BCUT2D eigenvalue weighted by Gasteiger charge is 2.14. The third kappa shape index (κ3) is 2.46. The van der Waals surface area contributed by atoms with Gasteiger partial charge in [-0.05, 0) is 25.5 Å². The summed E-state index contributed by atoms with van der Waals surface area (Å²) in [6.45, 7) is 3.88. The lowest BCUT2D eigenvalue weighted by Crippen LogP contribution is -2.19. The first kappa shape index (κ1) is 10.4. The Balaban J connectivity index is 0.000001000. The van der Waals surface area contributed by atoms with Crippen LogP contribution in [-0.4, -0.2) is 17.5 Å². The van der Waals surface area contributed by atoms with E-state index >= 15 is 0 Å². The van der Waals surface area contributed by atoms with Crippen LogP contribution in [0.2, 0.25) is 0 Å². The average Bonchev–Trinajstić information content (AvgIpc) is 1.94. The molecule has 0 bridgehead atoms. The van der Waals surface area contributed by atoms with Gasteiger partial charge in [0.1, 0.15) is 6.04 Å². The van der Waals surface area contributed by atoms with Crippen molar-refractivity contribution in [2.24, 2.45) is 4.99 Å². The van der Waals surface area contributed by atoms with Crippen molar-refractivity contribution in [3.05, 3.63) is 12.2 Å². The molecule has 1 aliphatic heterocycles. The van der Waals surface area contributed by atoms with Gasteiger partial charge < -0.3 is 0 Å². The van der Waals surface area contributed by atoms with Gasteiger partial charge in [0.2, 0.25) is 0 Å². The molecular formula is C8H12ClNO. The van der Waals surface area contributed by atoms with E-state index in [2.05, 4.69) is 4.99 Å². The number of carbonyl (C=O) groups excluding carboxylic acids is 1. The maximum Gasteiger partial charge on any atom is 0.180 e. The molecule has 0 N–H and O–H groups in total. The van der Waals surface area contributed by atoms with Crippen LogP contribution in [0.5, 0.6) is 0 Å². The molecule has 0 saturated heterocycles. The number of aliphatic imine (C=N–C) groups is 1. The van der Waals surface area contributed by atoms with Crippen LogP contribution in [0.3, 0.4) is 0 Å². The van der Waals surface area contributed by atoms with Crippen molar-refractivity contribution in [2.75, 3.05) is 0 Å². The second kappa shape index (κ2) is 4.29. The van der Waals surface area contributed by atoms with E-state index in [0.717, 1.165) is 12.1 Å². The second-order valence-corrected chi connectivity index (χ2v) is 2.43. The van der Waals surface area contributed by atoms with Crippen LogP contribution in [0.25, 0.3) is 0 Å². The first-order valence-electron chi connectivity index (χ1n) is 3.50. The zero-order valence-electron chi connectivity index (χ0n) is 6.70. The van der Waals surface area contributed by atoms with Gasteiger partial charge in [-0.25, -0.2) is 0 Å². The van der Waals surface area contributed by atoms with Gasteiger partial charge >= 0.3 is 0 Å². The summed E-state index contributed by atoms with van der Waals surface area (Å²) >= 11 is 0. The van der Waals surface area contributed by atoms with Crippen molar-refractivity contribution in [3.63, 3.8) is 0 Å². The Hall–Kier alpha value is -0.630. The number of ketones is 1. The Kier molecular flexibility index (Phi) is 4.04. The molecule has 2 nitrogen and oxygen atoms in total. The van der Waals surface area contributed by atoms with Crippen LogP contribution in [0, 0.1) is 0 Å². The summed E-state index contributed by atoms with van der Waals surface area (Å²) in [6.07, 6.45) is 4.17. The molecule has 0 saturated carbocycles. The maximum absolute atomic E-state index is 11.0. The molecule has 11 heavy (non-hydrogen) atoms. The maximum atomic E-state index is 11.0. The van der Waals surface area contributed by atoms with E-state index in [1.54, 1.807) is 12.2 Å². The van der Waals surface area contributed by atoms with Gasteiger partial charge in [0.05, 0.1) is 0 Å². The first-order chi connectivity index (χ1) is 4.74. The molecule has 3 heteroatoms. The summed E-state index contributed by atoms with van der Waals surface area (Å²) in [5, 5.41) is 0. The number of nitrogens with zero attached hydrogens (tertiary/aromatic N) is 1. The van der Waals surface area contributed by atoms with Crippen LogP contribution in [0.1, 0.15) is 20.3 Å². The molecule has 1 unspecified atom stereocenters. The predicted octanol–water partition coefficient (Wildman–Crippen LogP) is 1.79. The molecule has 0 spiro atoms. The van der Waals surface area contributed by atoms with Crippen molar-refractivity contribution in [1.82, 2.24) is 0 Å². The smallest absolute Gasteiger partial charge is 0.180 e. The zero-order valence-corrected chi connectivity index (χ0v) is 7.52. The van der Waals surface area contributed by atoms with E-state index in [-0.39, 0.29) is 24.2 Å². The Labute approximate surface area is 72.8 Å². The minimum atomic E-state index is -0.106. The van der Waals surface area contributed by atoms with Crippen LogP contribution in [0.4, 0.5) is 0 Å². The number of carbonyl (C=O) groups is 1. The topological polar surface area (TPSA) is 29.4 Å². The van der Waals surface area contributed by atoms with E-state index < -0.39 is 0 Å². The summed E-state index contributed by atoms with van der Waals surface area (Å²) in [7, 11) is 0. The van der Waals surface area contributed by atoms with Crippen LogP contribution in [0.15, 0.2) is 17.1 Å². The zero-order chi connectivity index (χ0) is 7.56. The summed E-state index contributed by atoms with van der Waals surface area (Å²) < 4.78 is 0. The quantitative estimate of drug-likeness (QED) is 0.595. The SMILES string of the molecule is CCC1N=C(C)C=CC1=O.Cl. The average molecular weight is 174 g/mol. The van der Waals surface area contributed by atoms with Gasteiger partial charge in [0.15, 0.2) is 5.78 Å². The van der Waals surface area contributed by atoms with Gasteiger partial charge in [-0.3, -0.25) is 9.79 Å². The number of rotatable bonds is 1. The number of dihydropyridines is 1. The largest absolute Gasteiger partial charge is 0.292 e. The van der Waals surface area contributed by atoms with Crippen molar-refractivity contribution in [3.8, 4) is 0 Å². The molecule has 62 valence electrons. The molecule has 1 rings (SSSR count). The predicted molar refractivity (Wildman–Crippen MR) is 48.6 cm³/mol. The van der Waals surface area contributed by atoms with Gasteiger partial charge in [-0.2, -0.15) is 0 Å². The first-order valence-corrected chi connectivity index (χ1v) is 3.50. The highest BCUT2D eigenvalue weighted by Crippen LogP contribution is 2.05. The van der Waals surface area contributed by atoms with E-state index in [0.29, 0.717) is 0 Å².